The van der Waals surface area contributed by atoms with Crippen LogP contribution < -0.4 is 0 Å². The number of hydrogen-bond donors (Lipinski definition) is 0. The summed E-state index contributed by atoms with van der Waals surface area (Å²) in [5.41, 5.74) is 0. The molecule has 122 valence electrons. The lowest BCUT2D eigenvalue weighted by atomic mass is 9.85. The first-order chi connectivity index (χ1) is 10.2. The molecular weight excluding hydrogens is 268 g/mol. The minimum absolute atomic E-state index is 0.238. The van der Waals surface area contributed by atoms with Gasteiger partial charge in [-0.25, -0.2) is 4.79 Å². The Morgan fingerprint density at radius 1 is 1.24 bits per heavy atom. The lowest BCUT2D eigenvalue weighted by molar-refractivity contribution is -0.176. The smallest absolute Gasteiger partial charge is 0.330 e. The third-order valence-corrected chi connectivity index (χ3v) is 3.86. The highest BCUT2D eigenvalue weighted by molar-refractivity contribution is 5.81. The molecule has 1 fully saturated rings. The summed E-state index contributed by atoms with van der Waals surface area (Å²) in [6.45, 7) is 6.58. The Hall–Kier alpha value is -0.870. The van der Waals surface area contributed by atoms with Gasteiger partial charge in [-0.05, 0) is 45.4 Å². The molecule has 1 atom stereocenters. The summed E-state index contributed by atoms with van der Waals surface area (Å²) in [7, 11) is 0. The molecule has 4 nitrogen and oxygen atoms in total. The molecule has 0 radical (unpaired) electrons. The minimum Gasteiger partial charge on any atom is -0.460 e. The van der Waals surface area contributed by atoms with Gasteiger partial charge in [-0.3, -0.25) is 0 Å². The van der Waals surface area contributed by atoms with Gasteiger partial charge in [0.25, 0.3) is 0 Å². The number of carbonyl (C=O) groups is 1. The maximum atomic E-state index is 11.1. The van der Waals surface area contributed by atoms with E-state index in [9.17, 15) is 4.79 Å². The van der Waals surface area contributed by atoms with E-state index in [4.69, 9.17) is 14.2 Å². The predicted octanol–water partition coefficient (Wildman–Crippen LogP) is 3.84. The molecule has 0 bridgehead atoms. The highest BCUT2D eigenvalue weighted by Gasteiger charge is 2.22. The predicted molar refractivity (Wildman–Crippen MR) is 82.9 cm³/mol. The van der Waals surface area contributed by atoms with E-state index in [0.717, 1.165) is 18.8 Å². The number of carbonyl (C=O) groups excluding carboxylic acids is 1. The third kappa shape index (κ3) is 8.22. The van der Waals surface area contributed by atoms with Gasteiger partial charge in [-0.2, -0.15) is 0 Å². The lowest BCUT2D eigenvalue weighted by Gasteiger charge is -2.30. The quantitative estimate of drug-likeness (QED) is 0.281. The van der Waals surface area contributed by atoms with Crippen LogP contribution in [0.1, 0.15) is 59.3 Å². The monoisotopic (exact) mass is 298 g/mol. The van der Waals surface area contributed by atoms with E-state index in [-0.39, 0.29) is 18.9 Å². The molecule has 1 rings (SSSR count). The second-order valence-corrected chi connectivity index (χ2v) is 5.67. The molecule has 0 aromatic heterocycles. The summed E-state index contributed by atoms with van der Waals surface area (Å²) in [4.78, 5) is 11.1. The van der Waals surface area contributed by atoms with Crippen molar-refractivity contribution in [3.63, 3.8) is 0 Å². The van der Waals surface area contributed by atoms with Crippen molar-refractivity contribution in [3.05, 3.63) is 12.2 Å². The number of esters is 1. The van der Waals surface area contributed by atoms with Crippen molar-refractivity contribution in [2.24, 2.45) is 5.92 Å². The molecule has 0 aromatic rings. The summed E-state index contributed by atoms with van der Waals surface area (Å²) in [6.07, 6.45) is 10.6. The number of hydrogen-bond acceptors (Lipinski definition) is 4. The topological polar surface area (TPSA) is 44.8 Å². The van der Waals surface area contributed by atoms with Crippen LogP contribution in [0.25, 0.3) is 0 Å². The number of ether oxygens (including phenoxy) is 3. The first kappa shape index (κ1) is 18.2. The number of rotatable bonds is 9. The van der Waals surface area contributed by atoms with Crippen LogP contribution in [0, 0.1) is 5.92 Å². The van der Waals surface area contributed by atoms with E-state index in [0.29, 0.717) is 12.7 Å². The Morgan fingerprint density at radius 3 is 2.57 bits per heavy atom. The highest BCUT2D eigenvalue weighted by atomic mass is 16.7. The van der Waals surface area contributed by atoms with Crippen molar-refractivity contribution < 1.29 is 19.0 Å². The molecule has 1 unspecified atom stereocenters. The highest BCUT2D eigenvalue weighted by Crippen LogP contribution is 2.29. The van der Waals surface area contributed by atoms with Crippen LogP contribution >= 0.6 is 0 Å². The molecule has 0 aromatic carbocycles. The first-order valence-corrected chi connectivity index (χ1v) is 8.22. The average molecular weight is 298 g/mol. The van der Waals surface area contributed by atoms with Gasteiger partial charge in [0.15, 0.2) is 6.29 Å². The maximum absolute atomic E-state index is 11.1. The molecule has 0 saturated heterocycles. The Morgan fingerprint density at radius 2 is 1.95 bits per heavy atom. The van der Waals surface area contributed by atoms with Crippen molar-refractivity contribution in [3.8, 4) is 0 Å². The zero-order valence-electron chi connectivity index (χ0n) is 13.7. The molecule has 0 N–H and O–H groups in total. The zero-order valence-corrected chi connectivity index (χ0v) is 13.7. The van der Waals surface area contributed by atoms with Crippen molar-refractivity contribution >= 4 is 5.97 Å². The largest absolute Gasteiger partial charge is 0.460 e. The molecule has 0 aliphatic heterocycles. The molecule has 21 heavy (non-hydrogen) atoms. The van der Waals surface area contributed by atoms with E-state index in [1.54, 1.807) is 13.0 Å². The lowest BCUT2D eigenvalue weighted by Crippen LogP contribution is -2.27. The van der Waals surface area contributed by atoms with Crippen LogP contribution in [0.3, 0.4) is 0 Å². The Kier molecular flexibility index (Phi) is 9.35. The van der Waals surface area contributed by atoms with Crippen molar-refractivity contribution in [2.45, 2.75) is 71.7 Å². The Labute approximate surface area is 128 Å². The summed E-state index contributed by atoms with van der Waals surface area (Å²) in [5, 5.41) is 0. The second-order valence-electron chi connectivity index (χ2n) is 5.67. The number of allylic oxidation sites excluding steroid dienone is 1. The summed E-state index contributed by atoms with van der Waals surface area (Å²) < 4.78 is 16.4. The summed E-state index contributed by atoms with van der Waals surface area (Å²) in [5.74, 6) is 0.557. The molecule has 0 spiro atoms. The van der Waals surface area contributed by atoms with Crippen LogP contribution in [0.15, 0.2) is 12.2 Å². The van der Waals surface area contributed by atoms with Crippen LogP contribution in [-0.4, -0.2) is 31.6 Å². The van der Waals surface area contributed by atoms with Crippen molar-refractivity contribution in [1.29, 1.82) is 0 Å². The third-order valence-electron chi connectivity index (χ3n) is 3.86. The zero-order chi connectivity index (χ0) is 15.5. The Bertz CT molecular complexity index is 306. The van der Waals surface area contributed by atoms with E-state index in [1.807, 2.05) is 6.92 Å². The summed E-state index contributed by atoms with van der Waals surface area (Å²) in [6, 6.07) is 0. The van der Waals surface area contributed by atoms with Crippen LogP contribution in [0.2, 0.25) is 0 Å². The van der Waals surface area contributed by atoms with Gasteiger partial charge >= 0.3 is 5.97 Å². The van der Waals surface area contributed by atoms with Gasteiger partial charge in [-0.15, -0.1) is 0 Å². The minimum atomic E-state index is -0.330. The van der Waals surface area contributed by atoms with Crippen LogP contribution in [-0.2, 0) is 19.0 Å². The average Bonchev–Trinajstić information content (AvgIpc) is 2.46. The molecule has 4 heteroatoms. The summed E-state index contributed by atoms with van der Waals surface area (Å²) >= 11 is 0. The first-order valence-electron chi connectivity index (χ1n) is 8.22. The van der Waals surface area contributed by atoms with Gasteiger partial charge in [0.1, 0.15) is 6.61 Å². The molecule has 0 amide bonds. The van der Waals surface area contributed by atoms with Gasteiger partial charge in [-0.1, -0.05) is 25.8 Å². The molecule has 1 aliphatic rings. The standard InChI is InChI=1S/C17H30O4/c1-4-6-15-8-10-16(11-9-15)21-14(3)19-12-13-20-17(18)7-5-2/h5,7,14-16H,4,6,8-13H2,1-3H3. The normalized spacial score (nSPS) is 24.1. The fourth-order valence-corrected chi connectivity index (χ4v) is 2.82. The van der Waals surface area contributed by atoms with Gasteiger partial charge < -0.3 is 14.2 Å². The van der Waals surface area contributed by atoms with Gasteiger partial charge in [0, 0.05) is 6.08 Å². The molecule has 1 saturated carbocycles. The molecule has 1 aliphatic carbocycles. The fraction of sp³-hybridized carbons (Fsp3) is 0.824. The Balaban J connectivity index is 2.06. The SMILES string of the molecule is CC=CC(=O)OCCOC(C)OC1CCC(CCC)CC1. The maximum Gasteiger partial charge on any atom is 0.330 e. The van der Waals surface area contributed by atoms with E-state index in [2.05, 4.69) is 6.92 Å². The van der Waals surface area contributed by atoms with Crippen LogP contribution in [0.4, 0.5) is 0 Å². The van der Waals surface area contributed by atoms with Crippen LogP contribution in [0.5, 0.6) is 0 Å². The van der Waals surface area contributed by atoms with E-state index < -0.39 is 0 Å². The fourth-order valence-electron chi connectivity index (χ4n) is 2.82. The van der Waals surface area contributed by atoms with Crippen molar-refractivity contribution in [2.75, 3.05) is 13.2 Å². The van der Waals surface area contributed by atoms with E-state index >= 15 is 0 Å². The molecule has 0 heterocycles. The van der Waals surface area contributed by atoms with Gasteiger partial charge in [0.05, 0.1) is 12.7 Å². The van der Waals surface area contributed by atoms with Crippen molar-refractivity contribution in [1.82, 2.24) is 0 Å². The van der Waals surface area contributed by atoms with Gasteiger partial charge in [0.2, 0.25) is 0 Å². The molecular formula is C17H30O4. The second kappa shape index (κ2) is 10.8. The van der Waals surface area contributed by atoms with E-state index in [1.165, 1.54) is 31.8 Å².